The number of phenols is 1. The van der Waals surface area contributed by atoms with Crippen LogP contribution in [-0.2, 0) is 16.0 Å². The van der Waals surface area contributed by atoms with Gasteiger partial charge in [0.2, 0.25) is 11.8 Å². The van der Waals surface area contributed by atoms with Crippen LogP contribution in [-0.4, -0.2) is 46.0 Å². The van der Waals surface area contributed by atoms with Gasteiger partial charge < -0.3 is 25.0 Å². The largest absolute Gasteiger partial charge is 0.504 e. The maximum Gasteiger partial charge on any atom is 0.246 e. The molecule has 0 unspecified atom stereocenters. The Balaban J connectivity index is 1.91. The molecule has 1 aromatic heterocycles. The second-order valence-electron chi connectivity index (χ2n) is 7.93. The summed E-state index contributed by atoms with van der Waals surface area (Å²) in [5, 5.41) is 13.9. The van der Waals surface area contributed by atoms with Crippen LogP contribution in [0.15, 0.2) is 12.1 Å². The fourth-order valence-corrected chi connectivity index (χ4v) is 4.40. The van der Waals surface area contributed by atoms with Crippen LogP contribution in [0.4, 0.5) is 0 Å². The first kappa shape index (κ1) is 17.7. The lowest BCUT2D eigenvalue weighted by atomic mass is 9.85. The van der Waals surface area contributed by atoms with Gasteiger partial charge in [0.05, 0.1) is 13.2 Å². The van der Waals surface area contributed by atoms with Gasteiger partial charge >= 0.3 is 0 Å². The average Bonchev–Trinajstić information content (AvgIpc) is 2.96. The van der Waals surface area contributed by atoms with E-state index in [1.54, 1.807) is 24.0 Å². The molecule has 0 aliphatic carbocycles. The first-order chi connectivity index (χ1) is 12.8. The van der Waals surface area contributed by atoms with E-state index >= 15 is 0 Å². The smallest absolute Gasteiger partial charge is 0.246 e. The molecule has 1 aromatic carbocycles. The van der Waals surface area contributed by atoms with Crippen LogP contribution >= 0.6 is 0 Å². The molecule has 0 spiro atoms. The molecular weight excluding hydrogens is 346 g/mol. The lowest BCUT2D eigenvalue weighted by Gasteiger charge is -2.46. The summed E-state index contributed by atoms with van der Waals surface area (Å²) in [5.74, 6) is 0.640. The van der Waals surface area contributed by atoms with E-state index in [4.69, 9.17) is 4.74 Å². The number of fused-ring (bicyclic) bond motifs is 4. The molecule has 7 nitrogen and oxygen atoms in total. The molecule has 1 fully saturated rings. The van der Waals surface area contributed by atoms with Crippen molar-refractivity contribution in [1.82, 2.24) is 15.2 Å². The molecule has 27 heavy (non-hydrogen) atoms. The molecule has 0 bridgehead atoms. The Hall–Kier alpha value is -2.70. The Morgan fingerprint density at radius 3 is 2.74 bits per heavy atom. The van der Waals surface area contributed by atoms with Crippen molar-refractivity contribution in [2.75, 3.05) is 7.11 Å². The number of nitrogens with zero attached hydrogens (tertiary/aromatic N) is 1. The number of nitrogens with one attached hydrogen (secondary N) is 2. The monoisotopic (exact) mass is 371 g/mol. The van der Waals surface area contributed by atoms with Gasteiger partial charge in [-0.1, -0.05) is 13.8 Å². The Morgan fingerprint density at radius 2 is 2.07 bits per heavy atom. The van der Waals surface area contributed by atoms with Crippen molar-refractivity contribution < 1.29 is 19.4 Å². The summed E-state index contributed by atoms with van der Waals surface area (Å²) >= 11 is 0. The SMILES string of the molecule is COc1cc2[nH]c3c(c2cc1O)C[C@H]1C(=O)N[C@@H](C)C(=O)N1[C@H]3CC(C)C. The van der Waals surface area contributed by atoms with E-state index < -0.39 is 12.1 Å². The van der Waals surface area contributed by atoms with E-state index in [1.807, 2.05) is 0 Å². The quantitative estimate of drug-likeness (QED) is 0.771. The number of piperazine rings is 1. The van der Waals surface area contributed by atoms with Crippen molar-refractivity contribution in [3.05, 3.63) is 23.4 Å². The summed E-state index contributed by atoms with van der Waals surface area (Å²) < 4.78 is 5.22. The van der Waals surface area contributed by atoms with Crippen LogP contribution in [0.2, 0.25) is 0 Å². The van der Waals surface area contributed by atoms with Crippen LogP contribution < -0.4 is 10.1 Å². The topological polar surface area (TPSA) is 94.7 Å². The summed E-state index contributed by atoms with van der Waals surface area (Å²) in [6, 6.07) is 2.21. The highest BCUT2D eigenvalue weighted by atomic mass is 16.5. The predicted octanol–water partition coefficient (Wildman–Crippen LogP) is 2.24. The summed E-state index contributed by atoms with van der Waals surface area (Å²) in [6.07, 6.45) is 1.19. The highest BCUT2D eigenvalue weighted by Crippen LogP contribution is 2.43. The Bertz CT molecular complexity index is 933. The lowest BCUT2D eigenvalue weighted by Crippen LogP contribution is -2.65. The molecule has 0 radical (unpaired) electrons. The van der Waals surface area contributed by atoms with Crippen molar-refractivity contribution in [3.8, 4) is 11.5 Å². The molecule has 1 saturated heterocycles. The van der Waals surface area contributed by atoms with Gasteiger partial charge in [0.25, 0.3) is 0 Å². The fourth-order valence-electron chi connectivity index (χ4n) is 4.40. The summed E-state index contributed by atoms with van der Waals surface area (Å²) in [7, 11) is 1.51. The molecule has 0 saturated carbocycles. The number of aromatic nitrogens is 1. The summed E-state index contributed by atoms with van der Waals surface area (Å²) in [5.41, 5.74) is 2.79. The number of aromatic hydroxyl groups is 1. The number of amides is 2. The molecule has 2 aromatic rings. The van der Waals surface area contributed by atoms with E-state index in [1.165, 1.54) is 7.11 Å². The van der Waals surface area contributed by atoms with Gasteiger partial charge in [-0.25, -0.2) is 0 Å². The van der Waals surface area contributed by atoms with Crippen molar-refractivity contribution >= 4 is 22.7 Å². The number of carbonyl (C=O) groups excluding carboxylic acids is 2. The van der Waals surface area contributed by atoms with E-state index in [2.05, 4.69) is 24.1 Å². The van der Waals surface area contributed by atoms with Crippen LogP contribution in [0.1, 0.15) is 44.5 Å². The highest BCUT2D eigenvalue weighted by molar-refractivity contribution is 5.99. The van der Waals surface area contributed by atoms with Crippen molar-refractivity contribution in [2.45, 2.75) is 51.7 Å². The number of methoxy groups -OCH3 is 1. The fraction of sp³-hybridized carbons (Fsp3) is 0.500. The maximum atomic E-state index is 12.9. The zero-order chi connectivity index (χ0) is 19.5. The average molecular weight is 371 g/mol. The zero-order valence-corrected chi connectivity index (χ0v) is 16.0. The minimum absolute atomic E-state index is 0.0463. The van der Waals surface area contributed by atoms with Gasteiger partial charge in [0, 0.05) is 29.1 Å². The number of carbonyl (C=O) groups is 2. The molecule has 144 valence electrons. The van der Waals surface area contributed by atoms with Crippen LogP contribution in [0, 0.1) is 5.92 Å². The van der Waals surface area contributed by atoms with Crippen LogP contribution in [0.5, 0.6) is 11.5 Å². The van der Waals surface area contributed by atoms with E-state index in [0.717, 1.165) is 28.6 Å². The molecule has 3 heterocycles. The molecule has 3 atom stereocenters. The maximum absolute atomic E-state index is 12.9. The Kier molecular flexibility index (Phi) is 4.05. The molecule has 3 N–H and O–H groups in total. The van der Waals surface area contributed by atoms with Crippen molar-refractivity contribution in [2.24, 2.45) is 5.92 Å². The van der Waals surface area contributed by atoms with E-state index in [9.17, 15) is 14.7 Å². The minimum atomic E-state index is -0.520. The molecule has 4 rings (SSSR count). The Labute approximate surface area is 157 Å². The third kappa shape index (κ3) is 2.64. The van der Waals surface area contributed by atoms with Gasteiger partial charge in [-0.3, -0.25) is 9.59 Å². The van der Waals surface area contributed by atoms with Gasteiger partial charge in [-0.15, -0.1) is 0 Å². The zero-order valence-electron chi connectivity index (χ0n) is 16.0. The van der Waals surface area contributed by atoms with Crippen LogP contribution in [0.25, 0.3) is 10.9 Å². The normalized spacial score (nSPS) is 24.8. The lowest BCUT2D eigenvalue weighted by molar-refractivity contribution is -0.153. The molecular formula is C20H25N3O4. The molecule has 2 aliphatic heterocycles. The molecule has 2 aliphatic rings. The van der Waals surface area contributed by atoms with Crippen LogP contribution in [0.3, 0.4) is 0 Å². The number of aromatic amines is 1. The number of H-pyrrole nitrogens is 1. The van der Waals surface area contributed by atoms with Gasteiger partial charge in [0.15, 0.2) is 11.5 Å². The van der Waals surface area contributed by atoms with Gasteiger partial charge in [0.1, 0.15) is 12.1 Å². The predicted molar refractivity (Wildman–Crippen MR) is 101 cm³/mol. The van der Waals surface area contributed by atoms with Crippen molar-refractivity contribution in [3.63, 3.8) is 0 Å². The first-order valence-corrected chi connectivity index (χ1v) is 9.35. The number of phenolic OH excluding ortho intramolecular Hbond substituents is 1. The molecule has 7 heteroatoms. The van der Waals surface area contributed by atoms with E-state index in [0.29, 0.717) is 18.1 Å². The third-order valence-corrected chi connectivity index (χ3v) is 5.62. The second-order valence-corrected chi connectivity index (χ2v) is 7.93. The number of ether oxygens (including phenoxy) is 1. The number of rotatable bonds is 3. The standard InChI is InChI=1S/C20H25N3O4/c1-9(2)5-14-18-12(6-15-19(25)21-10(3)20(26)23(14)15)11-7-16(24)17(27-4)8-13(11)22-18/h7-10,14-15,22,24H,5-6H2,1-4H3,(H,21,25)/t10-,14-,15-/m0/s1. The minimum Gasteiger partial charge on any atom is -0.504 e. The number of hydrogen-bond acceptors (Lipinski definition) is 4. The van der Waals surface area contributed by atoms with E-state index in [-0.39, 0.29) is 23.6 Å². The summed E-state index contributed by atoms with van der Waals surface area (Å²) in [4.78, 5) is 30.8. The first-order valence-electron chi connectivity index (χ1n) is 9.35. The van der Waals surface area contributed by atoms with Gasteiger partial charge in [-0.05, 0) is 30.9 Å². The number of benzene rings is 1. The van der Waals surface area contributed by atoms with Crippen molar-refractivity contribution in [1.29, 1.82) is 0 Å². The third-order valence-electron chi connectivity index (χ3n) is 5.62. The Morgan fingerprint density at radius 1 is 1.33 bits per heavy atom. The number of hydrogen-bond donors (Lipinski definition) is 3. The van der Waals surface area contributed by atoms with Gasteiger partial charge in [-0.2, -0.15) is 0 Å². The summed E-state index contributed by atoms with van der Waals surface area (Å²) in [6.45, 7) is 5.95. The second kappa shape index (κ2) is 6.18. The molecule has 2 amide bonds. The highest BCUT2D eigenvalue weighted by Gasteiger charge is 2.47.